The summed E-state index contributed by atoms with van der Waals surface area (Å²) in [6, 6.07) is 0. The van der Waals surface area contributed by atoms with Crippen LogP contribution in [-0.4, -0.2) is 26.1 Å². The van der Waals surface area contributed by atoms with Gasteiger partial charge < -0.3 is 4.43 Å². The molecule has 0 fully saturated rings. The van der Waals surface area contributed by atoms with Crippen LogP contribution in [0.1, 0.15) is 88.0 Å². The van der Waals surface area contributed by atoms with Crippen LogP contribution in [0.2, 0.25) is 16.6 Å². The molecule has 0 unspecified atom stereocenters. The smallest absolute Gasteiger partial charge is 0.202 e. The molecule has 0 bridgehead atoms. The molecule has 176 valence electrons. The van der Waals surface area contributed by atoms with Crippen molar-refractivity contribution in [3.05, 3.63) is 34.9 Å². The fourth-order valence-corrected chi connectivity index (χ4v) is 10.2. The third-order valence-electron chi connectivity index (χ3n) is 6.15. The van der Waals surface area contributed by atoms with E-state index >= 15 is 0 Å². The van der Waals surface area contributed by atoms with Gasteiger partial charge in [0.2, 0.25) is 8.32 Å². The first-order chi connectivity index (χ1) is 14.4. The Hall–Kier alpha value is -0.681. The summed E-state index contributed by atoms with van der Waals surface area (Å²) in [5.74, 6) is 2.90. The molecule has 0 heterocycles. The first-order valence-corrected chi connectivity index (χ1v) is 14.4. The third kappa shape index (κ3) is 10.7. The van der Waals surface area contributed by atoms with Crippen LogP contribution in [0.4, 0.5) is 0 Å². The van der Waals surface area contributed by atoms with E-state index in [9.17, 15) is 0 Å². The monoisotopic (exact) mass is 482 g/mol. The van der Waals surface area contributed by atoms with E-state index in [0.717, 1.165) is 30.2 Å². The number of methoxy groups -OCH3 is 1. The molecule has 0 aliphatic rings. The molecular weight excluding hydrogens is 436 g/mol. The van der Waals surface area contributed by atoms with Gasteiger partial charge in [-0.15, -0.1) is 6.42 Å². The van der Waals surface area contributed by atoms with Gasteiger partial charge in [0.25, 0.3) is 0 Å². The minimum absolute atomic E-state index is 0.228. The van der Waals surface area contributed by atoms with Crippen molar-refractivity contribution in [3.63, 3.8) is 0 Å². The summed E-state index contributed by atoms with van der Waals surface area (Å²) >= 11 is 2.92. The first kappa shape index (κ1) is 30.3. The molecular formula is C27H46CrO2Si. The van der Waals surface area contributed by atoms with Crippen molar-refractivity contribution in [1.29, 1.82) is 0 Å². The van der Waals surface area contributed by atoms with E-state index < -0.39 is 8.32 Å². The van der Waals surface area contributed by atoms with E-state index in [1.54, 1.807) is 7.11 Å². The van der Waals surface area contributed by atoms with Crippen LogP contribution < -0.4 is 0 Å². The van der Waals surface area contributed by atoms with Gasteiger partial charge in [-0.3, -0.25) is 0 Å². The van der Waals surface area contributed by atoms with E-state index in [1.165, 1.54) is 16.7 Å². The maximum atomic E-state index is 6.77. The zero-order chi connectivity index (χ0) is 24.2. The van der Waals surface area contributed by atoms with Gasteiger partial charge in [-0.2, -0.15) is 0 Å². The Balaban J connectivity index is 4.98. The summed E-state index contributed by atoms with van der Waals surface area (Å²) in [6.45, 7) is 20.3. The zero-order valence-electron chi connectivity index (χ0n) is 21.7. The fraction of sp³-hybridized carbons (Fsp3) is 0.667. The Morgan fingerprint density at radius 1 is 0.903 bits per heavy atom. The third-order valence-corrected chi connectivity index (χ3v) is 12.7. The molecule has 0 N–H and O–H groups in total. The van der Waals surface area contributed by atoms with Crippen molar-refractivity contribution in [2.75, 3.05) is 7.11 Å². The number of rotatable bonds is 14. The average Bonchev–Trinajstić information content (AvgIpc) is 2.68. The van der Waals surface area contributed by atoms with Crippen molar-refractivity contribution >= 4 is 12.9 Å². The van der Waals surface area contributed by atoms with Crippen LogP contribution >= 0.6 is 0 Å². The van der Waals surface area contributed by atoms with Crippen LogP contribution in [0.25, 0.3) is 0 Å². The summed E-state index contributed by atoms with van der Waals surface area (Å²) in [4.78, 5) is 0. The van der Waals surface area contributed by atoms with Crippen molar-refractivity contribution in [2.45, 2.75) is 111 Å². The van der Waals surface area contributed by atoms with E-state index in [0.29, 0.717) is 16.6 Å². The normalized spacial score (nSPS) is 15.0. The second kappa shape index (κ2) is 15.2. The number of terminal acetylenes is 1. The number of ether oxygens (including phenoxy) is 1. The van der Waals surface area contributed by atoms with Gasteiger partial charge in [-0.1, -0.05) is 47.5 Å². The van der Waals surface area contributed by atoms with Crippen LogP contribution in [0.15, 0.2) is 34.9 Å². The predicted octanol–water partition coefficient (Wildman–Crippen LogP) is 7.90. The minimum atomic E-state index is -1.98. The maximum absolute atomic E-state index is 6.77. The SMILES string of the molecule is C#C[C@H](/C=C(\C)CC/C=C(\C)CC/C(C)=C/[C](=[Cr])OC)O[Si](C(C)C)(C(C)C)C(C)C. The van der Waals surface area contributed by atoms with Crippen molar-refractivity contribution in [2.24, 2.45) is 0 Å². The molecule has 31 heavy (non-hydrogen) atoms. The van der Waals surface area contributed by atoms with Crippen LogP contribution in [0.5, 0.6) is 0 Å². The van der Waals surface area contributed by atoms with E-state index in [1.807, 2.05) is 0 Å². The Bertz CT molecular complexity index is 671. The zero-order valence-corrected chi connectivity index (χ0v) is 23.9. The molecule has 0 aromatic rings. The predicted molar refractivity (Wildman–Crippen MR) is 137 cm³/mol. The molecule has 2 nitrogen and oxygen atoms in total. The van der Waals surface area contributed by atoms with Gasteiger partial charge >= 0.3 is 120 Å². The Labute approximate surface area is 202 Å². The second-order valence-electron chi connectivity index (χ2n) is 9.64. The second-order valence-corrected chi connectivity index (χ2v) is 15.7. The minimum Gasteiger partial charge on any atom is -0.399 e. The van der Waals surface area contributed by atoms with Crippen molar-refractivity contribution in [3.8, 4) is 12.3 Å². The van der Waals surface area contributed by atoms with E-state index in [4.69, 9.17) is 15.6 Å². The Morgan fingerprint density at radius 2 is 1.42 bits per heavy atom. The molecule has 0 saturated heterocycles. The summed E-state index contributed by atoms with van der Waals surface area (Å²) in [7, 11) is -0.297. The van der Waals surface area contributed by atoms with E-state index in [-0.39, 0.29) is 6.10 Å². The summed E-state index contributed by atoms with van der Waals surface area (Å²) < 4.78 is 12.8. The summed E-state index contributed by atoms with van der Waals surface area (Å²) in [5.41, 5.74) is 5.65. The molecule has 1 atom stereocenters. The van der Waals surface area contributed by atoms with Crippen LogP contribution in [0, 0.1) is 12.3 Å². The molecule has 0 aliphatic heterocycles. The molecule has 0 aromatic carbocycles. The van der Waals surface area contributed by atoms with Gasteiger partial charge in [0.15, 0.2) is 0 Å². The number of allylic oxidation sites excluding steroid dienone is 4. The van der Waals surface area contributed by atoms with E-state index in [2.05, 4.69) is 102 Å². The topological polar surface area (TPSA) is 18.5 Å². The standard InChI is InChI=1S/C27H46O2Si.Cr/c1-12-27(29-30(21(2)3,22(4)5)23(6)7)20-26(10)15-13-14-24(8)16-17-25(9)18-19-28-11;/h1,14,18,20-23,27H,13,15-17H2,2-11H3;/b24-14+,25-18+,26-20+;/t27-;/m1./s1. The Morgan fingerprint density at radius 3 is 1.87 bits per heavy atom. The van der Waals surface area contributed by atoms with Gasteiger partial charge in [-0.25, -0.2) is 0 Å². The van der Waals surface area contributed by atoms with Crippen molar-refractivity contribution in [1.82, 2.24) is 0 Å². The maximum Gasteiger partial charge on any atom is 0.202 e. The summed E-state index contributed by atoms with van der Waals surface area (Å²) in [6.07, 6.45) is 16.4. The number of hydrogen-bond donors (Lipinski definition) is 0. The molecule has 0 aromatic heterocycles. The van der Waals surface area contributed by atoms with Crippen molar-refractivity contribution < 1.29 is 25.0 Å². The molecule has 0 radical (unpaired) electrons. The molecule has 0 aliphatic carbocycles. The molecule has 0 saturated carbocycles. The molecule has 0 amide bonds. The van der Waals surface area contributed by atoms with Crippen LogP contribution in [-0.2, 0) is 25.0 Å². The van der Waals surface area contributed by atoms with Gasteiger partial charge in [0.1, 0.15) is 0 Å². The molecule has 0 rings (SSSR count). The molecule has 0 spiro atoms. The largest absolute Gasteiger partial charge is 0.399 e. The Kier molecular flexibility index (Phi) is 14.9. The first-order valence-electron chi connectivity index (χ1n) is 11.6. The number of hydrogen-bond acceptors (Lipinski definition) is 2. The average molecular weight is 483 g/mol. The quantitative estimate of drug-likeness (QED) is 0.142. The summed E-state index contributed by atoms with van der Waals surface area (Å²) in [5, 5.41) is 0. The van der Waals surface area contributed by atoms with Gasteiger partial charge in [0, 0.05) is 0 Å². The van der Waals surface area contributed by atoms with Gasteiger partial charge in [0.05, 0.1) is 0 Å². The molecule has 4 heteroatoms. The fourth-order valence-electron chi connectivity index (χ4n) is 4.46. The van der Waals surface area contributed by atoms with Crippen LogP contribution in [0.3, 0.4) is 0 Å². The van der Waals surface area contributed by atoms with Gasteiger partial charge in [-0.05, 0) is 16.6 Å².